The second-order valence-corrected chi connectivity index (χ2v) is 5.24. The van der Waals surface area contributed by atoms with Crippen molar-refractivity contribution < 1.29 is 14.7 Å². The van der Waals surface area contributed by atoms with Crippen molar-refractivity contribution in [3.8, 4) is 0 Å². The van der Waals surface area contributed by atoms with E-state index in [2.05, 4.69) is 10.3 Å². The summed E-state index contributed by atoms with van der Waals surface area (Å²) in [5.41, 5.74) is -0.825. The number of amides is 1. The number of aliphatic carboxylic acids is 1. The molecule has 0 saturated heterocycles. The van der Waals surface area contributed by atoms with Crippen molar-refractivity contribution in [3.05, 3.63) is 62.3 Å². The molecule has 3 rings (SSSR count). The number of carbonyl (C=O) groups is 2. The summed E-state index contributed by atoms with van der Waals surface area (Å²) in [5.74, 6) is -3.15. The zero-order chi connectivity index (χ0) is 16.6. The Bertz CT molecular complexity index is 898. The number of nitrogens with zero attached hydrogens (tertiary/aromatic N) is 1. The molecule has 2 aromatic rings. The molecule has 8 heteroatoms. The fourth-order valence-electron chi connectivity index (χ4n) is 2.64. The largest absolute Gasteiger partial charge is 0.481 e. The standard InChI is InChI=1S/C15H13N3O5/c19-10-6-9(14(21)22)11-12(16-10)18(15(23)17-13(11)20)7-8-4-2-1-3-5-8/h1-5,9H,6-7H2,(H,16,19)(H,21,22)(H,17,20,23)/t9-/m1/s1. The SMILES string of the molecule is O=C1C[C@@H](C(=O)O)c2c(n(Cc3ccccc3)c(=O)[nH]c2=O)N1. The van der Waals surface area contributed by atoms with Crippen LogP contribution in [0.4, 0.5) is 5.82 Å². The summed E-state index contributed by atoms with van der Waals surface area (Å²) in [6.45, 7) is 0.103. The summed E-state index contributed by atoms with van der Waals surface area (Å²) in [4.78, 5) is 49.4. The van der Waals surface area contributed by atoms with E-state index >= 15 is 0 Å². The van der Waals surface area contributed by atoms with Crippen LogP contribution in [0.5, 0.6) is 0 Å². The minimum atomic E-state index is -1.28. The summed E-state index contributed by atoms with van der Waals surface area (Å²) in [5, 5.41) is 11.7. The Morgan fingerprint density at radius 3 is 2.57 bits per heavy atom. The molecule has 0 spiro atoms. The third kappa shape index (κ3) is 2.66. The van der Waals surface area contributed by atoms with Crippen LogP contribution < -0.4 is 16.6 Å². The number of fused-ring (bicyclic) bond motifs is 1. The molecule has 1 aliphatic heterocycles. The van der Waals surface area contributed by atoms with Crippen LogP contribution >= 0.6 is 0 Å². The molecule has 0 unspecified atom stereocenters. The molecule has 0 radical (unpaired) electrons. The average molecular weight is 315 g/mol. The van der Waals surface area contributed by atoms with E-state index in [0.717, 1.165) is 5.56 Å². The Labute approximate surface area is 129 Å². The van der Waals surface area contributed by atoms with E-state index in [4.69, 9.17) is 0 Å². The van der Waals surface area contributed by atoms with Gasteiger partial charge in [-0.2, -0.15) is 0 Å². The number of carboxylic acid groups (broad SMARTS) is 1. The first kappa shape index (κ1) is 14.8. The average Bonchev–Trinajstić information content (AvgIpc) is 2.51. The number of rotatable bonds is 3. The van der Waals surface area contributed by atoms with E-state index in [1.807, 2.05) is 6.07 Å². The predicted molar refractivity (Wildman–Crippen MR) is 80.5 cm³/mol. The molecule has 1 aromatic carbocycles. The number of hydrogen-bond donors (Lipinski definition) is 3. The van der Waals surface area contributed by atoms with Crippen molar-refractivity contribution in [3.63, 3.8) is 0 Å². The van der Waals surface area contributed by atoms with Gasteiger partial charge in [0.2, 0.25) is 5.91 Å². The van der Waals surface area contributed by atoms with Gasteiger partial charge in [0.05, 0.1) is 18.0 Å². The number of carbonyl (C=O) groups excluding carboxylic acids is 1. The molecule has 1 amide bonds. The van der Waals surface area contributed by atoms with Gasteiger partial charge in [-0.15, -0.1) is 0 Å². The lowest BCUT2D eigenvalue weighted by atomic mass is 9.93. The van der Waals surface area contributed by atoms with Gasteiger partial charge < -0.3 is 10.4 Å². The molecule has 8 nitrogen and oxygen atoms in total. The van der Waals surface area contributed by atoms with Gasteiger partial charge in [0.25, 0.3) is 5.56 Å². The van der Waals surface area contributed by atoms with Crippen LogP contribution in [-0.2, 0) is 16.1 Å². The minimum Gasteiger partial charge on any atom is -0.481 e. The lowest BCUT2D eigenvalue weighted by Crippen LogP contribution is -2.41. The normalized spacial score (nSPS) is 16.5. The minimum absolute atomic E-state index is 0.0498. The molecule has 1 aromatic heterocycles. The zero-order valence-corrected chi connectivity index (χ0v) is 11.9. The van der Waals surface area contributed by atoms with E-state index in [-0.39, 0.29) is 24.3 Å². The summed E-state index contributed by atoms with van der Waals surface area (Å²) < 4.78 is 1.17. The van der Waals surface area contributed by atoms with Gasteiger partial charge in [-0.25, -0.2) is 4.79 Å². The number of hydrogen-bond acceptors (Lipinski definition) is 4. The van der Waals surface area contributed by atoms with Gasteiger partial charge in [0.15, 0.2) is 0 Å². The van der Waals surface area contributed by atoms with Crippen LogP contribution in [0, 0.1) is 0 Å². The lowest BCUT2D eigenvalue weighted by molar-refractivity contribution is -0.140. The number of anilines is 1. The Morgan fingerprint density at radius 1 is 1.22 bits per heavy atom. The first-order valence-corrected chi connectivity index (χ1v) is 6.91. The molecule has 1 atom stereocenters. The van der Waals surface area contributed by atoms with Gasteiger partial charge in [0.1, 0.15) is 5.82 Å². The van der Waals surface area contributed by atoms with Crippen LogP contribution in [0.25, 0.3) is 0 Å². The van der Waals surface area contributed by atoms with Gasteiger partial charge in [0, 0.05) is 6.42 Å². The second kappa shape index (κ2) is 5.56. The molecule has 0 aliphatic carbocycles. The van der Waals surface area contributed by atoms with E-state index in [1.54, 1.807) is 24.3 Å². The van der Waals surface area contributed by atoms with E-state index < -0.39 is 29.0 Å². The van der Waals surface area contributed by atoms with Crippen molar-refractivity contribution in [1.29, 1.82) is 0 Å². The number of aromatic nitrogens is 2. The molecule has 118 valence electrons. The highest BCUT2D eigenvalue weighted by atomic mass is 16.4. The number of benzene rings is 1. The Kier molecular flexibility index (Phi) is 3.57. The maximum Gasteiger partial charge on any atom is 0.330 e. The van der Waals surface area contributed by atoms with Crippen LogP contribution in [0.1, 0.15) is 23.5 Å². The summed E-state index contributed by atoms with van der Waals surface area (Å²) in [6.07, 6.45) is -0.338. The molecular weight excluding hydrogens is 302 g/mol. The van der Waals surface area contributed by atoms with Gasteiger partial charge in [-0.3, -0.25) is 23.9 Å². The van der Waals surface area contributed by atoms with Gasteiger partial charge in [-0.1, -0.05) is 30.3 Å². The first-order chi connectivity index (χ1) is 11.0. The van der Waals surface area contributed by atoms with Crippen molar-refractivity contribution in [2.24, 2.45) is 0 Å². The van der Waals surface area contributed by atoms with Crippen molar-refractivity contribution in [1.82, 2.24) is 9.55 Å². The summed E-state index contributed by atoms with van der Waals surface area (Å²) in [6, 6.07) is 8.96. The summed E-state index contributed by atoms with van der Waals surface area (Å²) in [7, 11) is 0. The zero-order valence-electron chi connectivity index (χ0n) is 11.9. The molecule has 2 heterocycles. The van der Waals surface area contributed by atoms with E-state index in [1.165, 1.54) is 4.57 Å². The lowest BCUT2D eigenvalue weighted by Gasteiger charge is -2.24. The first-order valence-electron chi connectivity index (χ1n) is 6.91. The third-order valence-electron chi connectivity index (χ3n) is 3.71. The van der Waals surface area contributed by atoms with E-state index in [0.29, 0.717) is 0 Å². The highest BCUT2D eigenvalue weighted by Gasteiger charge is 2.35. The highest BCUT2D eigenvalue weighted by molar-refractivity contribution is 5.98. The number of aromatic amines is 1. The quantitative estimate of drug-likeness (QED) is 0.741. The molecule has 1 aliphatic rings. The molecule has 0 fully saturated rings. The maximum absolute atomic E-state index is 12.1. The summed E-state index contributed by atoms with van der Waals surface area (Å²) >= 11 is 0. The Morgan fingerprint density at radius 2 is 1.91 bits per heavy atom. The van der Waals surface area contributed by atoms with Gasteiger partial charge >= 0.3 is 11.7 Å². The monoisotopic (exact) mass is 315 g/mol. The molecule has 0 saturated carbocycles. The maximum atomic E-state index is 12.1. The smallest absolute Gasteiger partial charge is 0.330 e. The second-order valence-electron chi connectivity index (χ2n) is 5.24. The van der Waals surface area contributed by atoms with E-state index in [9.17, 15) is 24.3 Å². The number of nitrogens with one attached hydrogen (secondary N) is 2. The molecule has 23 heavy (non-hydrogen) atoms. The van der Waals surface area contributed by atoms with Crippen molar-refractivity contribution >= 4 is 17.7 Å². The fourth-order valence-corrected chi connectivity index (χ4v) is 2.64. The molecular formula is C15H13N3O5. The molecule has 3 N–H and O–H groups in total. The predicted octanol–water partition coefficient (Wildman–Crippen LogP) is 0.0953. The Balaban J connectivity index is 2.20. The number of H-pyrrole nitrogens is 1. The van der Waals surface area contributed by atoms with Crippen LogP contribution in [-0.4, -0.2) is 26.5 Å². The fraction of sp³-hybridized carbons (Fsp3) is 0.200. The van der Waals surface area contributed by atoms with Crippen LogP contribution in [0.3, 0.4) is 0 Å². The Hall–Kier alpha value is -3.16. The van der Waals surface area contributed by atoms with Crippen LogP contribution in [0.2, 0.25) is 0 Å². The van der Waals surface area contributed by atoms with Crippen molar-refractivity contribution in [2.75, 3.05) is 5.32 Å². The highest BCUT2D eigenvalue weighted by Crippen LogP contribution is 2.28. The third-order valence-corrected chi connectivity index (χ3v) is 3.71. The van der Waals surface area contributed by atoms with Crippen molar-refractivity contribution in [2.45, 2.75) is 18.9 Å². The topological polar surface area (TPSA) is 121 Å². The van der Waals surface area contributed by atoms with Gasteiger partial charge in [-0.05, 0) is 5.56 Å². The van der Waals surface area contributed by atoms with Crippen LogP contribution in [0.15, 0.2) is 39.9 Å². The molecule has 0 bridgehead atoms. The number of carboxylic acids is 1.